The van der Waals surface area contributed by atoms with Crippen LogP contribution in [0.2, 0.25) is 0 Å². The van der Waals surface area contributed by atoms with E-state index < -0.39 is 34.8 Å². The van der Waals surface area contributed by atoms with Crippen LogP contribution in [0.4, 0.5) is 18.0 Å². The highest BCUT2D eigenvalue weighted by molar-refractivity contribution is 7.84. The minimum Gasteiger partial charge on any atom is -0.485 e. The predicted molar refractivity (Wildman–Crippen MR) is 121 cm³/mol. The van der Waals surface area contributed by atoms with Crippen molar-refractivity contribution in [1.82, 2.24) is 9.88 Å². The molecule has 0 aliphatic carbocycles. The first kappa shape index (κ1) is 24.5. The van der Waals surface area contributed by atoms with E-state index in [9.17, 15) is 22.2 Å². The highest BCUT2D eigenvalue weighted by atomic mass is 32.2. The normalized spacial score (nSPS) is 22.6. The van der Waals surface area contributed by atoms with Crippen molar-refractivity contribution < 1.29 is 31.6 Å². The van der Waals surface area contributed by atoms with Gasteiger partial charge in [0.1, 0.15) is 11.4 Å². The lowest BCUT2D eigenvalue weighted by Gasteiger charge is -2.39. The summed E-state index contributed by atoms with van der Waals surface area (Å²) in [6.45, 7) is 3.50. The largest absolute Gasteiger partial charge is 0.485 e. The lowest BCUT2D eigenvalue weighted by atomic mass is 9.79. The fourth-order valence-corrected chi connectivity index (χ4v) is 5.07. The molecule has 1 fully saturated rings. The van der Waals surface area contributed by atoms with Crippen LogP contribution in [0.15, 0.2) is 41.4 Å². The van der Waals surface area contributed by atoms with Crippen LogP contribution in [0.3, 0.4) is 0 Å². The molecule has 1 amide bonds. The standard InChI is InChI=1S/C24H27F3N2O4S/c1-15(24(25,26)27)32-22(30)29-10-8-18(9-11-29)23(2)13-17-12-20(28-14-21(17)33-23)16-4-6-19(7-5-16)34(3)31/h4-7,12,14-15,18H,8-11,13H2,1-3H3/t15-,23-,34?/m1/s1. The van der Waals surface area contributed by atoms with Crippen molar-refractivity contribution in [3.63, 3.8) is 0 Å². The van der Waals surface area contributed by atoms with E-state index in [1.807, 2.05) is 37.3 Å². The molecule has 0 spiro atoms. The summed E-state index contributed by atoms with van der Waals surface area (Å²) in [5, 5.41) is 0. The second-order valence-electron chi connectivity index (χ2n) is 9.08. The molecular formula is C24H27F3N2O4S. The van der Waals surface area contributed by atoms with Gasteiger partial charge in [-0.15, -0.1) is 0 Å². The minimum atomic E-state index is -4.57. The van der Waals surface area contributed by atoms with Crippen molar-refractivity contribution in [1.29, 1.82) is 0 Å². The van der Waals surface area contributed by atoms with E-state index in [2.05, 4.69) is 9.72 Å². The summed E-state index contributed by atoms with van der Waals surface area (Å²) in [6.07, 6.45) is -2.40. The van der Waals surface area contributed by atoms with Crippen LogP contribution in [0.25, 0.3) is 11.3 Å². The van der Waals surface area contributed by atoms with E-state index in [0.29, 0.717) is 32.4 Å². The number of amides is 1. The number of aromatic nitrogens is 1. The number of ether oxygens (including phenoxy) is 2. The highest BCUT2D eigenvalue weighted by Gasteiger charge is 2.45. The summed E-state index contributed by atoms with van der Waals surface area (Å²) in [6, 6.07) is 9.46. The second kappa shape index (κ2) is 9.20. The number of alkyl halides is 3. The molecule has 2 aromatic rings. The molecule has 4 rings (SSSR count). The van der Waals surface area contributed by atoms with Crippen LogP contribution in [0.5, 0.6) is 5.75 Å². The average Bonchev–Trinajstić information content (AvgIpc) is 3.15. The first-order valence-corrected chi connectivity index (χ1v) is 12.7. The van der Waals surface area contributed by atoms with Gasteiger partial charge in [-0.25, -0.2) is 4.79 Å². The predicted octanol–water partition coefficient (Wildman–Crippen LogP) is 4.98. The number of nitrogens with zero attached hydrogens (tertiary/aromatic N) is 2. The molecule has 3 atom stereocenters. The number of rotatable bonds is 4. The summed E-state index contributed by atoms with van der Waals surface area (Å²) in [7, 11) is -1.04. The third-order valence-electron chi connectivity index (χ3n) is 6.67. The Hall–Kier alpha value is -2.62. The Balaban J connectivity index is 1.39. The molecular weight excluding hydrogens is 469 g/mol. The Morgan fingerprint density at radius 3 is 2.50 bits per heavy atom. The zero-order valence-electron chi connectivity index (χ0n) is 19.2. The van der Waals surface area contributed by atoms with Gasteiger partial charge in [-0.2, -0.15) is 13.2 Å². The van der Waals surface area contributed by atoms with Crippen molar-refractivity contribution in [2.24, 2.45) is 5.92 Å². The molecule has 0 radical (unpaired) electrons. The zero-order valence-corrected chi connectivity index (χ0v) is 20.0. The Morgan fingerprint density at radius 1 is 1.26 bits per heavy atom. The van der Waals surface area contributed by atoms with Crippen LogP contribution >= 0.6 is 0 Å². The van der Waals surface area contributed by atoms with E-state index in [4.69, 9.17) is 4.74 Å². The summed E-state index contributed by atoms with van der Waals surface area (Å²) in [5.41, 5.74) is 2.28. The molecule has 184 valence electrons. The number of piperidine rings is 1. The smallest absolute Gasteiger partial charge is 0.425 e. The maximum Gasteiger partial charge on any atom is 0.425 e. The molecule has 2 aliphatic heterocycles. The van der Waals surface area contributed by atoms with Crippen molar-refractivity contribution in [3.05, 3.63) is 42.1 Å². The molecule has 6 nitrogen and oxygen atoms in total. The maximum absolute atomic E-state index is 12.7. The monoisotopic (exact) mass is 496 g/mol. The number of fused-ring (bicyclic) bond motifs is 1. The summed E-state index contributed by atoms with van der Waals surface area (Å²) in [5.74, 6) is 0.852. The summed E-state index contributed by atoms with van der Waals surface area (Å²) >= 11 is 0. The average molecular weight is 497 g/mol. The molecule has 0 saturated carbocycles. The van der Waals surface area contributed by atoms with Gasteiger partial charge >= 0.3 is 12.3 Å². The second-order valence-corrected chi connectivity index (χ2v) is 10.5. The van der Waals surface area contributed by atoms with Crippen molar-refractivity contribution >= 4 is 16.9 Å². The van der Waals surface area contributed by atoms with E-state index >= 15 is 0 Å². The lowest BCUT2D eigenvalue weighted by Crippen LogP contribution is -2.48. The van der Waals surface area contributed by atoms with Gasteiger partial charge in [-0.1, -0.05) is 12.1 Å². The summed E-state index contributed by atoms with van der Waals surface area (Å²) < 4.78 is 60.5. The number of likely N-dealkylation sites (tertiary alicyclic amines) is 1. The van der Waals surface area contributed by atoms with Crippen LogP contribution < -0.4 is 4.74 Å². The van der Waals surface area contributed by atoms with Crippen LogP contribution in [-0.2, 0) is 22.0 Å². The topological polar surface area (TPSA) is 68.7 Å². The molecule has 1 saturated heterocycles. The Kier molecular flexibility index (Phi) is 6.63. The van der Waals surface area contributed by atoms with Gasteiger partial charge in [0.05, 0.1) is 11.9 Å². The SMILES string of the molecule is C[C@@H](OC(=O)N1CCC([C@@]2(C)Cc3cc(-c4ccc(S(C)=O)cc4)ncc3O2)CC1)C(F)(F)F. The van der Waals surface area contributed by atoms with E-state index in [1.54, 1.807) is 12.5 Å². The van der Waals surface area contributed by atoms with E-state index in [0.717, 1.165) is 34.4 Å². The Morgan fingerprint density at radius 2 is 1.91 bits per heavy atom. The van der Waals surface area contributed by atoms with Gasteiger partial charge in [-0.3, -0.25) is 9.19 Å². The molecule has 0 N–H and O–H groups in total. The molecule has 1 unspecified atom stereocenters. The number of carbonyl (C=O) groups is 1. The molecule has 2 aliphatic rings. The number of carbonyl (C=O) groups excluding carboxylic acids is 1. The number of pyridine rings is 1. The lowest BCUT2D eigenvalue weighted by molar-refractivity contribution is -0.200. The van der Waals surface area contributed by atoms with E-state index in [1.165, 1.54) is 4.90 Å². The third kappa shape index (κ3) is 5.06. The van der Waals surface area contributed by atoms with Gasteiger partial charge in [0, 0.05) is 58.5 Å². The highest BCUT2D eigenvalue weighted by Crippen LogP contribution is 2.43. The molecule has 3 heterocycles. The van der Waals surface area contributed by atoms with Crippen LogP contribution in [0.1, 0.15) is 32.3 Å². The fourth-order valence-electron chi connectivity index (χ4n) is 4.55. The number of hydrogen-bond donors (Lipinski definition) is 0. The third-order valence-corrected chi connectivity index (χ3v) is 7.61. The van der Waals surface area contributed by atoms with Crippen LogP contribution in [0, 0.1) is 5.92 Å². The van der Waals surface area contributed by atoms with Crippen molar-refractivity contribution in [3.8, 4) is 17.0 Å². The summed E-state index contributed by atoms with van der Waals surface area (Å²) in [4.78, 5) is 18.7. The van der Waals surface area contributed by atoms with Crippen LogP contribution in [-0.4, -0.2) is 57.4 Å². The number of halogens is 3. The number of benzene rings is 1. The van der Waals surface area contributed by atoms with Gasteiger partial charge < -0.3 is 14.4 Å². The minimum absolute atomic E-state index is 0.131. The number of hydrogen-bond acceptors (Lipinski definition) is 5. The van der Waals surface area contributed by atoms with Gasteiger partial charge in [0.15, 0.2) is 6.10 Å². The molecule has 1 aromatic carbocycles. The fraction of sp³-hybridized carbons (Fsp3) is 0.500. The molecule has 1 aromatic heterocycles. The molecule has 10 heteroatoms. The van der Waals surface area contributed by atoms with Crippen molar-refractivity contribution in [2.45, 2.75) is 55.9 Å². The first-order valence-electron chi connectivity index (χ1n) is 11.1. The van der Waals surface area contributed by atoms with Gasteiger partial charge in [-0.05, 0) is 44.9 Å². The Bertz CT molecular complexity index is 1080. The first-order chi connectivity index (χ1) is 16.0. The molecule has 34 heavy (non-hydrogen) atoms. The van der Waals surface area contributed by atoms with Gasteiger partial charge in [0.25, 0.3) is 0 Å². The van der Waals surface area contributed by atoms with Gasteiger partial charge in [0.2, 0.25) is 0 Å². The quantitative estimate of drug-likeness (QED) is 0.597. The Labute approximate surface area is 198 Å². The zero-order chi connectivity index (χ0) is 24.7. The van der Waals surface area contributed by atoms with Crippen molar-refractivity contribution in [2.75, 3.05) is 19.3 Å². The maximum atomic E-state index is 12.7. The molecule has 0 bridgehead atoms. The van der Waals surface area contributed by atoms with E-state index in [-0.39, 0.29) is 5.92 Å².